The molecule has 0 fully saturated rings. The number of phosphoric ester groups is 1. The molecule has 0 spiro atoms. The van der Waals surface area contributed by atoms with Gasteiger partial charge in [0.2, 0.25) is 0 Å². The number of phosphoric acid groups is 1. The molecule has 0 aromatic heterocycles. The van der Waals surface area contributed by atoms with Crippen LogP contribution in [0.15, 0.2) is 24.3 Å². The van der Waals surface area contributed by atoms with Crippen molar-refractivity contribution in [3.8, 4) is 0 Å². The van der Waals surface area contributed by atoms with Gasteiger partial charge in [-0.2, -0.15) is 0 Å². The van der Waals surface area contributed by atoms with Gasteiger partial charge < -0.3 is 14.4 Å². The summed E-state index contributed by atoms with van der Waals surface area (Å²) >= 11 is 0. The molecule has 0 amide bonds. The van der Waals surface area contributed by atoms with Crippen LogP contribution in [0.25, 0.3) is 0 Å². The highest BCUT2D eigenvalue weighted by molar-refractivity contribution is 7.47. The van der Waals surface area contributed by atoms with E-state index in [0.29, 0.717) is 13.2 Å². The van der Waals surface area contributed by atoms with Crippen LogP contribution in [-0.2, 0) is 23.1 Å². The van der Waals surface area contributed by atoms with E-state index in [-0.39, 0.29) is 26.4 Å². The molecule has 0 rings (SSSR count). The lowest BCUT2D eigenvalue weighted by molar-refractivity contribution is 0.0676. The molecule has 1 N–H and O–H groups in total. The van der Waals surface area contributed by atoms with Crippen LogP contribution < -0.4 is 0 Å². The summed E-state index contributed by atoms with van der Waals surface area (Å²) < 4.78 is 31.0. The first-order valence-corrected chi connectivity index (χ1v) is 7.39. The van der Waals surface area contributed by atoms with Gasteiger partial charge >= 0.3 is 7.82 Å². The quantitative estimate of drug-likeness (QED) is 0.338. The lowest BCUT2D eigenvalue weighted by Crippen LogP contribution is -2.08. The Labute approximate surface area is 114 Å². The van der Waals surface area contributed by atoms with E-state index in [1.54, 1.807) is 0 Å². The number of rotatable bonds is 12. The minimum absolute atomic E-state index is 0.0202. The van der Waals surface area contributed by atoms with Crippen molar-refractivity contribution in [3.63, 3.8) is 0 Å². The summed E-state index contributed by atoms with van der Waals surface area (Å²) in [6.07, 6.45) is 0. The van der Waals surface area contributed by atoms with Crippen LogP contribution in [0.5, 0.6) is 0 Å². The first-order chi connectivity index (χ1) is 8.83. The number of hydrogen-bond acceptors (Lipinski definition) is 5. The molecule has 19 heavy (non-hydrogen) atoms. The Balaban J connectivity index is 3.54. The lowest BCUT2D eigenvalue weighted by Gasteiger charge is -2.12. The third-order valence-corrected chi connectivity index (χ3v) is 2.68. The van der Waals surface area contributed by atoms with E-state index in [2.05, 4.69) is 13.2 Å². The Morgan fingerprint density at radius 1 is 0.947 bits per heavy atom. The Hall–Kier alpha value is -0.490. The second-order valence-electron chi connectivity index (χ2n) is 4.15. The topological polar surface area (TPSA) is 74.2 Å². The summed E-state index contributed by atoms with van der Waals surface area (Å²) in [5, 5.41) is 0. The van der Waals surface area contributed by atoms with Gasteiger partial charge in [0, 0.05) is 0 Å². The molecule has 0 aromatic carbocycles. The van der Waals surface area contributed by atoms with Gasteiger partial charge in [0.05, 0.1) is 39.6 Å². The molecule has 112 valence electrons. The van der Waals surface area contributed by atoms with Gasteiger partial charge in [0.15, 0.2) is 0 Å². The molecule has 0 aliphatic rings. The first kappa shape index (κ1) is 18.5. The summed E-state index contributed by atoms with van der Waals surface area (Å²) in [4.78, 5) is 9.30. The fourth-order valence-electron chi connectivity index (χ4n) is 0.953. The van der Waals surface area contributed by atoms with Gasteiger partial charge in [-0.05, 0) is 13.8 Å². The second kappa shape index (κ2) is 10.3. The fraction of sp³-hybridized carbons (Fsp3) is 0.667. The Morgan fingerprint density at radius 3 is 1.63 bits per heavy atom. The largest absolute Gasteiger partial charge is 0.472 e. The van der Waals surface area contributed by atoms with Crippen molar-refractivity contribution in [2.75, 3.05) is 39.6 Å². The fourth-order valence-corrected chi connectivity index (χ4v) is 1.64. The molecular weight excluding hydrogens is 271 g/mol. The summed E-state index contributed by atoms with van der Waals surface area (Å²) in [5.74, 6) is 0. The molecule has 0 atom stereocenters. The minimum Gasteiger partial charge on any atom is -0.375 e. The maximum Gasteiger partial charge on any atom is 0.472 e. The van der Waals surface area contributed by atoms with Crippen LogP contribution in [0, 0.1) is 0 Å². The predicted molar refractivity (Wildman–Crippen MR) is 73.0 cm³/mol. The summed E-state index contributed by atoms with van der Waals surface area (Å²) in [7, 11) is -4.03. The molecule has 6 nitrogen and oxygen atoms in total. The molecule has 0 aliphatic carbocycles. The third-order valence-electron chi connectivity index (χ3n) is 1.66. The van der Waals surface area contributed by atoms with Crippen molar-refractivity contribution in [1.82, 2.24) is 0 Å². The maximum atomic E-state index is 11.4. The first-order valence-electron chi connectivity index (χ1n) is 5.89. The number of ether oxygens (including phenoxy) is 2. The second-order valence-corrected chi connectivity index (χ2v) is 5.61. The van der Waals surface area contributed by atoms with E-state index in [4.69, 9.17) is 18.5 Å². The highest BCUT2D eigenvalue weighted by Gasteiger charge is 2.20. The third kappa shape index (κ3) is 13.7. The highest BCUT2D eigenvalue weighted by Crippen LogP contribution is 2.42. The van der Waals surface area contributed by atoms with Crippen molar-refractivity contribution in [2.24, 2.45) is 0 Å². The van der Waals surface area contributed by atoms with Crippen LogP contribution >= 0.6 is 7.82 Å². The predicted octanol–water partition coefficient (Wildman–Crippen LogP) is 2.31. The van der Waals surface area contributed by atoms with Crippen LogP contribution in [0.2, 0.25) is 0 Å². The molecule has 0 saturated heterocycles. The molecular formula is C12H23O6P. The van der Waals surface area contributed by atoms with E-state index in [9.17, 15) is 9.46 Å². The number of hydrogen-bond donors (Lipinski definition) is 1. The average molecular weight is 294 g/mol. The van der Waals surface area contributed by atoms with Crippen LogP contribution in [0.3, 0.4) is 0 Å². The zero-order valence-electron chi connectivity index (χ0n) is 11.6. The molecule has 0 radical (unpaired) electrons. The zero-order chi connectivity index (χ0) is 14.7. The van der Waals surface area contributed by atoms with Crippen molar-refractivity contribution >= 4 is 7.82 Å². The molecule has 0 aromatic rings. The Morgan fingerprint density at radius 2 is 1.32 bits per heavy atom. The van der Waals surface area contributed by atoms with Crippen LogP contribution in [0.1, 0.15) is 13.8 Å². The average Bonchev–Trinajstić information content (AvgIpc) is 2.27. The monoisotopic (exact) mass is 294 g/mol. The normalized spacial score (nSPS) is 11.5. The minimum atomic E-state index is -4.03. The van der Waals surface area contributed by atoms with Crippen molar-refractivity contribution in [1.29, 1.82) is 0 Å². The molecule has 0 unspecified atom stereocenters. The Bertz CT molecular complexity index is 300. The maximum absolute atomic E-state index is 11.4. The van der Waals surface area contributed by atoms with Crippen molar-refractivity contribution < 1.29 is 28.0 Å². The van der Waals surface area contributed by atoms with E-state index in [1.165, 1.54) is 0 Å². The lowest BCUT2D eigenvalue weighted by atomic mass is 10.4. The zero-order valence-corrected chi connectivity index (χ0v) is 12.5. The highest BCUT2D eigenvalue weighted by atomic mass is 31.2. The van der Waals surface area contributed by atoms with E-state index < -0.39 is 7.82 Å². The molecule has 7 heteroatoms. The summed E-state index contributed by atoms with van der Waals surface area (Å²) in [6, 6.07) is 0. The molecule has 0 heterocycles. The van der Waals surface area contributed by atoms with Gasteiger partial charge in [0.1, 0.15) is 0 Å². The van der Waals surface area contributed by atoms with E-state index in [1.807, 2.05) is 13.8 Å². The van der Waals surface area contributed by atoms with Gasteiger partial charge in [-0.1, -0.05) is 24.3 Å². The van der Waals surface area contributed by atoms with Crippen LogP contribution in [-0.4, -0.2) is 44.5 Å². The van der Waals surface area contributed by atoms with Gasteiger partial charge in [-0.25, -0.2) is 4.57 Å². The molecule has 0 saturated carbocycles. The SMILES string of the molecule is C=C(C)COCCOP(=O)(O)OCCOCC(=C)C. The van der Waals surface area contributed by atoms with Gasteiger partial charge in [-0.3, -0.25) is 9.05 Å². The summed E-state index contributed by atoms with van der Waals surface area (Å²) in [6.45, 7) is 12.1. The van der Waals surface area contributed by atoms with E-state index in [0.717, 1.165) is 11.1 Å². The van der Waals surface area contributed by atoms with Gasteiger partial charge in [-0.15, -0.1) is 0 Å². The Kier molecular flexibility index (Phi) is 10.0. The van der Waals surface area contributed by atoms with Gasteiger partial charge in [0.25, 0.3) is 0 Å². The van der Waals surface area contributed by atoms with Crippen molar-refractivity contribution in [2.45, 2.75) is 13.8 Å². The summed E-state index contributed by atoms with van der Waals surface area (Å²) in [5.41, 5.74) is 1.75. The van der Waals surface area contributed by atoms with Crippen molar-refractivity contribution in [3.05, 3.63) is 24.3 Å². The van der Waals surface area contributed by atoms with E-state index >= 15 is 0 Å². The standard InChI is InChI=1S/C12H23O6P/c1-11(2)9-15-5-7-17-19(13,14)18-8-6-16-10-12(3)4/h1,3,5-10H2,2,4H3,(H,13,14). The van der Waals surface area contributed by atoms with Crippen LogP contribution in [0.4, 0.5) is 0 Å². The smallest absolute Gasteiger partial charge is 0.375 e. The molecule has 0 aliphatic heterocycles. The molecule has 0 bridgehead atoms.